The van der Waals surface area contributed by atoms with Gasteiger partial charge >= 0.3 is 0 Å². The van der Waals surface area contributed by atoms with Crippen molar-refractivity contribution in [2.45, 2.75) is 12.5 Å². The second-order valence-corrected chi connectivity index (χ2v) is 2.15. The van der Waals surface area contributed by atoms with E-state index in [1.807, 2.05) is 0 Å². The molecule has 1 rings (SSSR count). The third-order valence-electron chi connectivity index (χ3n) is 1.01. The Morgan fingerprint density at radius 1 is 1.88 bits per heavy atom. The Bertz CT molecular complexity index is 151. The summed E-state index contributed by atoms with van der Waals surface area (Å²) < 4.78 is 0. The number of carbonyl (C=O) groups excluding carboxylic acids is 1. The van der Waals surface area contributed by atoms with Gasteiger partial charge in [0.25, 0.3) is 0 Å². The number of ketones is 1. The molecule has 0 heterocycles. The average Bonchev–Trinajstić information content (AvgIpc) is 1.85. The van der Waals surface area contributed by atoms with E-state index in [4.69, 9.17) is 16.7 Å². The number of rotatable bonds is 0. The average molecular weight is 133 g/mol. The molecule has 8 heavy (non-hydrogen) atoms. The van der Waals surface area contributed by atoms with Crippen molar-refractivity contribution in [2.75, 3.05) is 0 Å². The molecular weight excluding hydrogens is 128 g/mol. The molecule has 1 aliphatic rings. The predicted molar refractivity (Wildman–Crippen MR) is 29.6 cm³/mol. The van der Waals surface area contributed by atoms with Crippen LogP contribution in [0.5, 0.6) is 0 Å². The quantitative estimate of drug-likeness (QED) is 0.520. The zero-order chi connectivity index (χ0) is 6.15. The van der Waals surface area contributed by atoms with Crippen molar-refractivity contribution in [3.05, 3.63) is 11.1 Å². The third-order valence-corrected chi connectivity index (χ3v) is 1.37. The van der Waals surface area contributed by atoms with Gasteiger partial charge in [-0.15, -0.1) is 0 Å². The molecule has 0 unspecified atom stereocenters. The van der Waals surface area contributed by atoms with Crippen molar-refractivity contribution in [1.29, 1.82) is 0 Å². The fraction of sp³-hybridized carbons (Fsp3) is 0.400. The fourth-order valence-corrected chi connectivity index (χ4v) is 0.796. The van der Waals surface area contributed by atoms with Crippen LogP contribution in [0.15, 0.2) is 11.1 Å². The second kappa shape index (κ2) is 1.88. The van der Waals surface area contributed by atoms with Gasteiger partial charge in [-0.05, 0) is 6.08 Å². The van der Waals surface area contributed by atoms with E-state index in [-0.39, 0.29) is 17.2 Å². The van der Waals surface area contributed by atoms with E-state index < -0.39 is 6.10 Å². The van der Waals surface area contributed by atoms with Gasteiger partial charge in [-0.25, -0.2) is 0 Å². The highest BCUT2D eigenvalue weighted by atomic mass is 35.5. The van der Waals surface area contributed by atoms with Crippen molar-refractivity contribution in [3.8, 4) is 0 Å². The molecule has 3 heteroatoms. The summed E-state index contributed by atoms with van der Waals surface area (Å²) in [5.74, 6) is -0.0949. The molecule has 2 nitrogen and oxygen atoms in total. The summed E-state index contributed by atoms with van der Waals surface area (Å²) in [6, 6.07) is 0. The molecule has 0 fully saturated rings. The first kappa shape index (κ1) is 5.79. The van der Waals surface area contributed by atoms with Crippen molar-refractivity contribution >= 4 is 17.4 Å². The van der Waals surface area contributed by atoms with Crippen LogP contribution < -0.4 is 0 Å². The molecule has 1 atom stereocenters. The van der Waals surface area contributed by atoms with Crippen LogP contribution in [0.25, 0.3) is 0 Å². The lowest BCUT2D eigenvalue weighted by Crippen LogP contribution is -2.02. The van der Waals surface area contributed by atoms with Gasteiger partial charge in [0.2, 0.25) is 0 Å². The largest absolute Gasteiger partial charge is 0.387 e. The number of aliphatic hydroxyl groups excluding tert-OH is 1. The number of aliphatic hydroxyl groups is 1. The van der Waals surface area contributed by atoms with Gasteiger partial charge < -0.3 is 5.11 Å². The zero-order valence-electron chi connectivity index (χ0n) is 4.10. The Balaban J connectivity index is 2.73. The highest BCUT2D eigenvalue weighted by Gasteiger charge is 2.19. The molecule has 0 saturated carbocycles. The molecule has 44 valence electrons. The Morgan fingerprint density at radius 2 is 2.50 bits per heavy atom. The summed E-state index contributed by atoms with van der Waals surface area (Å²) in [5.41, 5.74) is 0. The van der Waals surface area contributed by atoms with Gasteiger partial charge in [0, 0.05) is 6.42 Å². The molecule has 0 aromatic heterocycles. The molecule has 0 spiro atoms. The van der Waals surface area contributed by atoms with Gasteiger partial charge in [0.15, 0.2) is 5.78 Å². The SMILES string of the molecule is O=C1C=C(Cl)[C@@H](O)C1. The number of hydrogen-bond donors (Lipinski definition) is 1. The Morgan fingerprint density at radius 3 is 2.62 bits per heavy atom. The van der Waals surface area contributed by atoms with Gasteiger partial charge in [-0.1, -0.05) is 11.6 Å². The number of allylic oxidation sites excluding steroid dienone is 1. The zero-order valence-corrected chi connectivity index (χ0v) is 4.85. The second-order valence-electron chi connectivity index (χ2n) is 1.72. The maximum absolute atomic E-state index is 10.3. The van der Waals surface area contributed by atoms with E-state index in [0.717, 1.165) is 0 Å². The number of carbonyl (C=O) groups is 1. The standard InChI is InChI=1S/C5H5ClO2/c6-4-1-3(7)2-5(4)8/h1,5,8H,2H2/t5-/m0/s1. The molecule has 0 aliphatic heterocycles. The molecule has 0 radical (unpaired) electrons. The van der Waals surface area contributed by atoms with Crippen molar-refractivity contribution in [2.24, 2.45) is 0 Å². The Kier molecular flexibility index (Phi) is 1.36. The summed E-state index contributed by atoms with van der Waals surface area (Å²) in [5, 5.41) is 9.01. The van der Waals surface area contributed by atoms with Crippen LogP contribution in [0.1, 0.15) is 6.42 Å². The smallest absolute Gasteiger partial charge is 0.159 e. The lowest BCUT2D eigenvalue weighted by atomic mass is 10.3. The molecule has 0 aromatic carbocycles. The number of halogens is 1. The Labute approximate surface area is 51.8 Å². The van der Waals surface area contributed by atoms with E-state index in [1.165, 1.54) is 6.08 Å². The first-order chi connectivity index (χ1) is 3.70. The monoisotopic (exact) mass is 132 g/mol. The highest BCUT2D eigenvalue weighted by molar-refractivity contribution is 6.32. The van der Waals surface area contributed by atoms with Gasteiger partial charge in [0.05, 0.1) is 11.1 Å². The van der Waals surface area contributed by atoms with Crippen LogP contribution in [0.2, 0.25) is 0 Å². The van der Waals surface area contributed by atoms with Crippen molar-refractivity contribution in [3.63, 3.8) is 0 Å². The van der Waals surface area contributed by atoms with Crippen LogP contribution >= 0.6 is 11.6 Å². The summed E-state index contributed by atoms with van der Waals surface area (Å²) >= 11 is 5.35. The fourth-order valence-electron chi connectivity index (χ4n) is 0.597. The summed E-state index contributed by atoms with van der Waals surface area (Å²) in [6.45, 7) is 0. The highest BCUT2D eigenvalue weighted by Crippen LogP contribution is 2.18. The Hall–Kier alpha value is -0.340. The van der Waals surface area contributed by atoms with Crippen LogP contribution in [-0.4, -0.2) is 17.0 Å². The van der Waals surface area contributed by atoms with E-state index in [0.29, 0.717) is 0 Å². The lowest BCUT2D eigenvalue weighted by Gasteiger charge is -1.94. The van der Waals surface area contributed by atoms with Gasteiger partial charge in [-0.3, -0.25) is 4.79 Å². The lowest BCUT2D eigenvalue weighted by molar-refractivity contribution is -0.114. The van der Waals surface area contributed by atoms with E-state index in [9.17, 15) is 4.79 Å². The minimum Gasteiger partial charge on any atom is -0.387 e. The number of hydrogen-bond acceptors (Lipinski definition) is 2. The molecular formula is C5H5ClO2. The summed E-state index contributed by atoms with van der Waals surface area (Å²) in [7, 11) is 0. The first-order valence-corrected chi connectivity index (χ1v) is 2.66. The van der Waals surface area contributed by atoms with E-state index in [2.05, 4.69) is 0 Å². The third kappa shape index (κ3) is 0.904. The maximum atomic E-state index is 10.3. The van der Waals surface area contributed by atoms with Crippen LogP contribution in [0, 0.1) is 0 Å². The summed E-state index contributed by atoms with van der Waals surface area (Å²) in [6.07, 6.45) is 0.676. The van der Waals surface area contributed by atoms with Crippen molar-refractivity contribution < 1.29 is 9.90 Å². The normalized spacial score (nSPS) is 28.5. The van der Waals surface area contributed by atoms with Gasteiger partial charge in [0.1, 0.15) is 0 Å². The van der Waals surface area contributed by atoms with E-state index >= 15 is 0 Å². The van der Waals surface area contributed by atoms with Crippen LogP contribution in [0.4, 0.5) is 0 Å². The topological polar surface area (TPSA) is 37.3 Å². The van der Waals surface area contributed by atoms with Gasteiger partial charge in [-0.2, -0.15) is 0 Å². The molecule has 0 aromatic rings. The predicted octanol–water partition coefficient (Wildman–Crippen LogP) is 0.443. The minimum absolute atomic E-state index is 0.0949. The first-order valence-electron chi connectivity index (χ1n) is 2.28. The van der Waals surface area contributed by atoms with E-state index in [1.54, 1.807) is 0 Å². The van der Waals surface area contributed by atoms with Crippen LogP contribution in [0.3, 0.4) is 0 Å². The molecule has 0 amide bonds. The van der Waals surface area contributed by atoms with Crippen LogP contribution in [-0.2, 0) is 4.79 Å². The molecule has 1 N–H and O–H groups in total. The molecule has 0 saturated heterocycles. The maximum Gasteiger partial charge on any atom is 0.159 e. The minimum atomic E-state index is -0.732. The van der Waals surface area contributed by atoms with Crippen molar-refractivity contribution in [1.82, 2.24) is 0 Å². The molecule has 1 aliphatic carbocycles. The molecule has 0 bridgehead atoms. The summed E-state index contributed by atoms with van der Waals surface area (Å²) in [4.78, 5) is 10.3.